The zero-order chi connectivity index (χ0) is 16.0. The van der Waals surface area contributed by atoms with Gasteiger partial charge in [0, 0.05) is 30.9 Å². The highest BCUT2D eigenvalue weighted by molar-refractivity contribution is 5.41. The summed E-state index contributed by atoms with van der Waals surface area (Å²) in [5.74, 6) is 1.81. The van der Waals surface area contributed by atoms with Crippen molar-refractivity contribution in [2.75, 3.05) is 18.0 Å². The van der Waals surface area contributed by atoms with Crippen LogP contribution in [0.4, 0.5) is 5.82 Å². The number of nitrogens with one attached hydrogen (secondary N) is 1. The molecule has 0 saturated carbocycles. The molecule has 1 rings (SSSR count). The molecular weight excluding hydrogens is 258 g/mol. The summed E-state index contributed by atoms with van der Waals surface area (Å²) < 4.78 is 0. The van der Waals surface area contributed by atoms with Gasteiger partial charge in [-0.2, -0.15) is 0 Å². The lowest BCUT2D eigenvalue weighted by atomic mass is 10.1. The van der Waals surface area contributed by atoms with Crippen molar-refractivity contribution >= 4 is 5.82 Å². The number of hydrogen-bond donors (Lipinski definition) is 1. The Kier molecular flexibility index (Phi) is 6.66. The Morgan fingerprint density at radius 1 is 1.24 bits per heavy atom. The third-order valence-corrected chi connectivity index (χ3v) is 3.92. The van der Waals surface area contributed by atoms with E-state index in [9.17, 15) is 0 Å². The molecule has 21 heavy (non-hydrogen) atoms. The van der Waals surface area contributed by atoms with Crippen LogP contribution in [-0.2, 0) is 6.54 Å². The third-order valence-electron chi connectivity index (χ3n) is 3.92. The fourth-order valence-electron chi connectivity index (χ4n) is 2.19. The van der Waals surface area contributed by atoms with Crippen LogP contribution in [0.3, 0.4) is 0 Å². The van der Waals surface area contributed by atoms with E-state index in [1.807, 2.05) is 0 Å². The molecule has 0 radical (unpaired) electrons. The molecule has 120 valence electrons. The Bertz CT molecular complexity index is 435. The van der Waals surface area contributed by atoms with Crippen molar-refractivity contribution in [3.63, 3.8) is 0 Å². The number of aryl methyl sites for hydroxylation is 1. The Balaban J connectivity index is 2.80. The van der Waals surface area contributed by atoms with E-state index in [4.69, 9.17) is 4.98 Å². The fourth-order valence-corrected chi connectivity index (χ4v) is 2.19. The van der Waals surface area contributed by atoms with Gasteiger partial charge in [-0.15, -0.1) is 0 Å². The van der Waals surface area contributed by atoms with Crippen LogP contribution in [0.5, 0.6) is 0 Å². The first-order valence-corrected chi connectivity index (χ1v) is 8.23. The molecule has 1 N–H and O–H groups in total. The maximum atomic E-state index is 4.82. The number of hydrogen-bond acceptors (Lipinski definition) is 3. The van der Waals surface area contributed by atoms with Gasteiger partial charge in [0.1, 0.15) is 5.82 Å². The summed E-state index contributed by atoms with van der Waals surface area (Å²) in [5.41, 5.74) is 2.55. The summed E-state index contributed by atoms with van der Waals surface area (Å²) in [6, 6.07) is 4.38. The van der Waals surface area contributed by atoms with Gasteiger partial charge >= 0.3 is 0 Å². The Morgan fingerprint density at radius 3 is 2.38 bits per heavy atom. The summed E-state index contributed by atoms with van der Waals surface area (Å²) in [5, 5.41) is 3.53. The van der Waals surface area contributed by atoms with Gasteiger partial charge in [0.2, 0.25) is 0 Å². The van der Waals surface area contributed by atoms with E-state index in [1.165, 1.54) is 12.0 Å². The zero-order valence-electron chi connectivity index (χ0n) is 15.0. The van der Waals surface area contributed by atoms with Gasteiger partial charge in [-0.05, 0) is 52.2 Å². The van der Waals surface area contributed by atoms with E-state index < -0.39 is 0 Å². The molecule has 0 aliphatic rings. The molecule has 0 saturated heterocycles. The third kappa shape index (κ3) is 6.04. The highest BCUT2D eigenvalue weighted by Crippen LogP contribution is 2.17. The van der Waals surface area contributed by atoms with Crippen LogP contribution >= 0.6 is 0 Å². The van der Waals surface area contributed by atoms with Crippen LogP contribution in [-0.4, -0.2) is 23.6 Å². The largest absolute Gasteiger partial charge is 0.357 e. The van der Waals surface area contributed by atoms with Crippen LogP contribution in [0.15, 0.2) is 12.1 Å². The second-order valence-electron chi connectivity index (χ2n) is 7.07. The lowest BCUT2D eigenvalue weighted by Gasteiger charge is -2.26. The molecule has 0 aromatic carbocycles. The highest BCUT2D eigenvalue weighted by Gasteiger charge is 2.13. The van der Waals surface area contributed by atoms with Crippen molar-refractivity contribution in [3.05, 3.63) is 23.4 Å². The average molecular weight is 291 g/mol. The van der Waals surface area contributed by atoms with Crippen LogP contribution in [0.25, 0.3) is 0 Å². The zero-order valence-corrected chi connectivity index (χ0v) is 15.0. The summed E-state index contributed by atoms with van der Waals surface area (Å²) in [7, 11) is 0. The van der Waals surface area contributed by atoms with Crippen LogP contribution in [0, 0.1) is 12.8 Å². The Hall–Kier alpha value is -1.09. The summed E-state index contributed by atoms with van der Waals surface area (Å²) in [6.07, 6.45) is 1.21. The molecule has 1 aromatic heterocycles. The SMILES string of the molecule is CCC(C)CN(CC)c1ccc(CNC(C)(C)C)c(C)n1. The molecular formula is C18H33N3. The van der Waals surface area contributed by atoms with E-state index in [2.05, 4.69) is 70.8 Å². The molecule has 3 nitrogen and oxygen atoms in total. The van der Waals surface area contributed by atoms with Gasteiger partial charge in [-0.25, -0.2) is 4.98 Å². The predicted octanol–water partition coefficient (Wildman–Crippen LogP) is 4.15. The van der Waals surface area contributed by atoms with E-state index in [-0.39, 0.29) is 5.54 Å². The Labute approximate surface area is 131 Å². The monoisotopic (exact) mass is 291 g/mol. The number of rotatable bonds is 7. The van der Waals surface area contributed by atoms with Gasteiger partial charge < -0.3 is 10.2 Å². The number of anilines is 1. The molecule has 0 spiro atoms. The first-order valence-electron chi connectivity index (χ1n) is 8.23. The molecule has 0 aliphatic carbocycles. The van der Waals surface area contributed by atoms with E-state index in [0.29, 0.717) is 5.92 Å². The lowest BCUT2D eigenvalue weighted by molar-refractivity contribution is 0.423. The predicted molar refractivity (Wildman–Crippen MR) is 92.9 cm³/mol. The van der Waals surface area contributed by atoms with Gasteiger partial charge in [-0.3, -0.25) is 0 Å². The minimum Gasteiger partial charge on any atom is -0.357 e. The first-order chi connectivity index (χ1) is 9.76. The van der Waals surface area contributed by atoms with Crippen LogP contribution < -0.4 is 10.2 Å². The van der Waals surface area contributed by atoms with Gasteiger partial charge in [0.25, 0.3) is 0 Å². The second-order valence-corrected chi connectivity index (χ2v) is 7.07. The summed E-state index contributed by atoms with van der Waals surface area (Å²) >= 11 is 0. The average Bonchev–Trinajstić information content (AvgIpc) is 2.42. The molecule has 1 unspecified atom stereocenters. The van der Waals surface area contributed by atoms with E-state index >= 15 is 0 Å². The molecule has 1 heterocycles. The fraction of sp³-hybridized carbons (Fsp3) is 0.722. The number of nitrogens with zero attached hydrogens (tertiary/aromatic N) is 2. The number of pyridine rings is 1. The highest BCUT2D eigenvalue weighted by atomic mass is 15.2. The van der Waals surface area contributed by atoms with Gasteiger partial charge in [0.15, 0.2) is 0 Å². The van der Waals surface area contributed by atoms with Gasteiger partial charge in [-0.1, -0.05) is 26.3 Å². The van der Waals surface area contributed by atoms with Crippen molar-refractivity contribution in [3.8, 4) is 0 Å². The second kappa shape index (κ2) is 7.79. The van der Waals surface area contributed by atoms with Crippen molar-refractivity contribution in [1.82, 2.24) is 10.3 Å². The molecule has 0 fully saturated rings. The quantitative estimate of drug-likeness (QED) is 0.818. The summed E-state index contributed by atoms with van der Waals surface area (Å²) in [4.78, 5) is 7.20. The van der Waals surface area contributed by atoms with Crippen LogP contribution in [0.2, 0.25) is 0 Å². The molecule has 0 aliphatic heterocycles. The minimum atomic E-state index is 0.136. The van der Waals surface area contributed by atoms with E-state index in [0.717, 1.165) is 31.1 Å². The molecule has 3 heteroatoms. The normalized spacial score (nSPS) is 13.3. The smallest absolute Gasteiger partial charge is 0.128 e. The van der Waals surface area contributed by atoms with Crippen LogP contribution in [0.1, 0.15) is 59.2 Å². The van der Waals surface area contributed by atoms with Crippen molar-refractivity contribution in [2.24, 2.45) is 5.92 Å². The van der Waals surface area contributed by atoms with Crippen molar-refractivity contribution < 1.29 is 0 Å². The molecule has 0 amide bonds. The van der Waals surface area contributed by atoms with Gasteiger partial charge in [0.05, 0.1) is 0 Å². The standard InChI is InChI=1S/C18H33N3/c1-8-14(3)13-21(9-2)17-11-10-16(15(4)20-17)12-19-18(5,6)7/h10-11,14,19H,8-9,12-13H2,1-7H3. The topological polar surface area (TPSA) is 28.2 Å². The maximum absolute atomic E-state index is 4.82. The van der Waals surface area contributed by atoms with Crippen molar-refractivity contribution in [1.29, 1.82) is 0 Å². The summed E-state index contributed by atoms with van der Waals surface area (Å²) in [6.45, 7) is 18.4. The maximum Gasteiger partial charge on any atom is 0.128 e. The number of aromatic nitrogens is 1. The first kappa shape index (κ1) is 18.0. The minimum absolute atomic E-state index is 0.136. The molecule has 1 aromatic rings. The van der Waals surface area contributed by atoms with Crippen molar-refractivity contribution in [2.45, 2.75) is 67.0 Å². The Morgan fingerprint density at radius 2 is 1.90 bits per heavy atom. The lowest BCUT2D eigenvalue weighted by Crippen LogP contribution is -2.35. The molecule has 0 bridgehead atoms. The molecule has 1 atom stereocenters. The van der Waals surface area contributed by atoms with E-state index in [1.54, 1.807) is 0 Å².